The Kier molecular flexibility index (Phi) is 5.88. The van der Waals surface area contributed by atoms with Crippen molar-refractivity contribution >= 4 is 46.9 Å². The molecule has 4 rings (SSSR count). The molecule has 0 unspecified atom stereocenters. The lowest BCUT2D eigenvalue weighted by atomic mass is 10.1. The monoisotopic (exact) mass is 435 g/mol. The highest BCUT2D eigenvalue weighted by Gasteiger charge is 2.27. The molecular weight excluding hydrogens is 418 g/mol. The largest absolute Gasteiger partial charge is 0.348 e. The molecule has 2 aromatic carbocycles. The van der Waals surface area contributed by atoms with E-state index in [4.69, 9.17) is 11.6 Å². The number of hydrogen-bond acceptors (Lipinski definition) is 4. The van der Waals surface area contributed by atoms with Crippen molar-refractivity contribution in [3.63, 3.8) is 0 Å². The van der Waals surface area contributed by atoms with E-state index < -0.39 is 0 Å². The van der Waals surface area contributed by atoms with Crippen molar-refractivity contribution in [2.45, 2.75) is 11.4 Å². The Morgan fingerprint density at radius 1 is 1.20 bits per heavy atom. The molecule has 0 atom stereocenters. The van der Waals surface area contributed by atoms with Gasteiger partial charge in [0.25, 0.3) is 11.8 Å². The van der Waals surface area contributed by atoms with Gasteiger partial charge < -0.3 is 10.2 Å². The Labute approximate surface area is 183 Å². The van der Waals surface area contributed by atoms with E-state index in [1.54, 1.807) is 42.5 Å². The highest BCUT2D eigenvalue weighted by atomic mass is 35.5. The number of nitrogens with one attached hydrogen (secondary N) is 1. The summed E-state index contributed by atoms with van der Waals surface area (Å²) in [5.41, 5.74) is 2.99. The van der Waals surface area contributed by atoms with Gasteiger partial charge in [0.05, 0.1) is 10.6 Å². The minimum absolute atomic E-state index is 0.125. The Balaban J connectivity index is 1.54. The van der Waals surface area contributed by atoms with Crippen LogP contribution in [0.3, 0.4) is 0 Å². The maximum atomic E-state index is 12.9. The van der Waals surface area contributed by atoms with Gasteiger partial charge in [-0.1, -0.05) is 41.6 Å². The molecule has 150 valence electrons. The van der Waals surface area contributed by atoms with Gasteiger partial charge in [-0.3, -0.25) is 14.6 Å². The first-order valence-corrected chi connectivity index (χ1v) is 10.4. The molecule has 0 aliphatic carbocycles. The number of anilines is 1. The first-order chi connectivity index (χ1) is 14.5. The Hall–Kier alpha value is -3.09. The van der Waals surface area contributed by atoms with E-state index in [1.165, 1.54) is 11.8 Å². The third-order valence-corrected chi connectivity index (χ3v) is 5.95. The number of carbonyl (C=O) groups excluding carboxylic acids is 2. The first-order valence-electron chi connectivity index (χ1n) is 9.25. The molecule has 0 saturated carbocycles. The third-order valence-electron chi connectivity index (χ3n) is 4.64. The molecular formula is C23H18ClN3O2S. The van der Waals surface area contributed by atoms with Crippen LogP contribution in [0.25, 0.3) is 6.08 Å². The van der Waals surface area contributed by atoms with Gasteiger partial charge in [0.1, 0.15) is 0 Å². The summed E-state index contributed by atoms with van der Waals surface area (Å²) in [5.74, 6) is -0.326. The van der Waals surface area contributed by atoms with Crippen molar-refractivity contribution in [2.75, 3.05) is 11.9 Å². The summed E-state index contributed by atoms with van der Waals surface area (Å²) in [6.07, 6.45) is 5.23. The molecule has 0 fully saturated rings. The number of rotatable bonds is 4. The van der Waals surface area contributed by atoms with Crippen molar-refractivity contribution in [2.24, 2.45) is 0 Å². The molecule has 0 spiro atoms. The summed E-state index contributed by atoms with van der Waals surface area (Å²) in [6, 6.07) is 16.5. The molecule has 7 heteroatoms. The molecule has 3 aromatic rings. The van der Waals surface area contributed by atoms with Crippen LogP contribution in [0.1, 0.15) is 21.5 Å². The molecule has 0 bridgehead atoms. The number of halogens is 1. The van der Waals surface area contributed by atoms with E-state index in [0.29, 0.717) is 27.7 Å². The normalized spacial score (nSPS) is 14.5. The van der Waals surface area contributed by atoms with Gasteiger partial charge in [0.15, 0.2) is 0 Å². The summed E-state index contributed by atoms with van der Waals surface area (Å²) < 4.78 is 0. The fraction of sp³-hybridized carbons (Fsp3) is 0.0870. The van der Waals surface area contributed by atoms with Crippen LogP contribution in [0, 0.1) is 0 Å². The third kappa shape index (κ3) is 4.40. The van der Waals surface area contributed by atoms with E-state index in [9.17, 15) is 9.59 Å². The van der Waals surface area contributed by atoms with E-state index in [0.717, 1.165) is 16.0 Å². The Morgan fingerprint density at radius 2 is 2.07 bits per heavy atom. The fourth-order valence-electron chi connectivity index (χ4n) is 3.07. The van der Waals surface area contributed by atoms with E-state index in [1.807, 2.05) is 42.5 Å². The highest BCUT2D eigenvalue weighted by Crippen LogP contribution is 2.42. The number of fused-ring (bicyclic) bond motifs is 1. The number of hydrogen-bond donors (Lipinski definition) is 1. The fourth-order valence-corrected chi connectivity index (χ4v) is 4.36. The predicted octanol–water partition coefficient (Wildman–Crippen LogP) is 4.77. The zero-order valence-corrected chi connectivity index (χ0v) is 17.7. The van der Waals surface area contributed by atoms with Crippen molar-refractivity contribution in [1.29, 1.82) is 0 Å². The van der Waals surface area contributed by atoms with Crippen LogP contribution < -0.4 is 10.2 Å². The molecule has 1 aliphatic rings. The van der Waals surface area contributed by atoms with E-state index >= 15 is 0 Å². The minimum Gasteiger partial charge on any atom is -0.348 e. The van der Waals surface area contributed by atoms with Crippen LogP contribution >= 0.6 is 23.4 Å². The number of carbonyl (C=O) groups is 2. The lowest BCUT2D eigenvalue weighted by Gasteiger charge is -2.27. The van der Waals surface area contributed by atoms with Gasteiger partial charge in [-0.15, -0.1) is 0 Å². The standard InChI is InChI=1S/C23H18ClN3O2S/c1-27-19-12-17(22(28)26-14-16-5-3-9-25-13-16)7-8-20(19)30-21(23(27)29)11-15-4-2-6-18(24)10-15/h2-13H,14H2,1H3,(H,26,28)/b21-11-. The molecule has 2 amide bonds. The summed E-state index contributed by atoms with van der Waals surface area (Å²) in [5, 5.41) is 3.50. The van der Waals surface area contributed by atoms with Gasteiger partial charge in [-0.05, 0) is 53.6 Å². The van der Waals surface area contributed by atoms with Gasteiger partial charge in [0.2, 0.25) is 0 Å². The number of nitrogens with zero attached hydrogens (tertiary/aromatic N) is 2. The second-order valence-corrected chi connectivity index (χ2v) is 8.28. The molecule has 1 aliphatic heterocycles. The minimum atomic E-state index is -0.201. The van der Waals surface area contributed by atoms with Crippen molar-refractivity contribution in [3.05, 3.63) is 93.6 Å². The average molecular weight is 436 g/mol. The second-order valence-electron chi connectivity index (χ2n) is 6.76. The van der Waals surface area contributed by atoms with Crippen LogP contribution in [-0.2, 0) is 11.3 Å². The van der Waals surface area contributed by atoms with Crippen LogP contribution in [0.2, 0.25) is 5.02 Å². The molecule has 0 radical (unpaired) electrons. The van der Waals surface area contributed by atoms with Crippen LogP contribution in [0.4, 0.5) is 5.69 Å². The van der Waals surface area contributed by atoms with Crippen molar-refractivity contribution in [3.8, 4) is 0 Å². The molecule has 1 aromatic heterocycles. The quantitative estimate of drug-likeness (QED) is 0.599. The predicted molar refractivity (Wildman–Crippen MR) is 121 cm³/mol. The zero-order valence-electron chi connectivity index (χ0n) is 16.1. The van der Waals surface area contributed by atoms with Crippen LogP contribution in [-0.4, -0.2) is 23.8 Å². The molecule has 30 heavy (non-hydrogen) atoms. The van der Waals surface area contributed by atoms with E-state index in [2.05, 4.69) is 10.3 Å². The van der Waals surface area contributed by atoms with Gasteiger partial charge in [0, 0.05) is 41.5 Å². The molecule has 5 nitrogen and oxygen atoms in total. The summed E-state index contributed by atoms with van der Waals surface area (Å²) in [4.78, 5) is 32.6. The Bertz CT molecular complexity index is 1150. The smallest absolute Gasteiger partial charge is 0.264 e. The Morgan fingerprint density at radius 3 is 2.83 bits per heavy atom. The number of amides is 2. The maximum absolute atomic E-state index is 12.9. The highest BCUT2D eigenvalue weighted by molar-refractivity contribution is 8.04. The lowest BCUT2D eigenvalue weighted by Crippen LogP contribution is -2.31. The molecule has 2 heterocycles. The van der Waals surface area contributed by atoms with Crippen molar-refractivity contribution in [1.82, 2.24) is 10.3 Å². The van der Waals surface area contributed by atoms with Crippen LogP contribution in [0.5, 0.6) is 0 Å². The second kappa shape index (κ2) is 8.73. The van der Waals surface area contributed by atoms with E-state index in [-0.39, 0.29) is 11.8 Å². The zero-order chi connectivity index (χ0) is 21.1. The molecule has 1 N–H and O–H groups in total. The average Bonchev–Trinajstić information content (AvgIpc) is 2.76. The first kappa shape index (κ1) is 20.2. The molecule has 0 saturated heterocycles. The summed E-state index contributed by atoms with van der Waals surface area (Å²) in [7, 11) is 1.71. The number of thioether (sulfide) groups is 1. The maximum Gasteiger partial charge on any atom is 0.264 e. The summed E-state index contributed by atoms with van der Waals surface area (Å²) in [6.45, 7) is 0.389. The van der Waals surface area contributed by atoms with Crippen molar-refractivity contribution < 1.29 is 9.59 Å². The number of likely N-dealkylation sites (N-methyl/N-ethyl adjacent to an activating group) is 1. The van der Waals surface area contributed by atoms with Crippen LogP contribution in [0.15, 0.2) is 76.8 Å². The number of pyridine rings is 1. The van der Waals surface area contributed by atoms with Gasteiger partial charge in [-0.2, -0.15) is 0 Å². The van der Waals surface area contributed by atoms with Gasteiger partial charge >= 0.3 is 0 Å². The topological polar surface area (TPSA) is 62.3 Å². The number of benzene rings is 2. The number of aromatic nitrogens is 1. The lowest BCUT2D eigenvalue weighted by molar-refractivity contribution is -0.114. The van der Waals surface area contributed by atoms with Gasteiger partial charge in [-0.25, -0.2) is 0 Å². The summed E-state index contributed by atoms with van der Waals surface area (Å²) >= 11 is 7.43. The SMILES string of the molecule is CN1C(=O)/C(=C/c2cccc(Cl)c2)Sc2ccc(C(=O)NCc3cccnc3)cc21.